The number of furan rings is 1. The van der Waals surface area contributed by atoms with Gasteiger partial charge in [0.2, 0.25) is 0 Å². The molecule has 2 heterocycles. The summed E-state index contributed by atoms with van der Waals surface area (Å²) in [6.45, 7) is 5.31. The number of hydrogen-bond acceptors (Lipinski definition) is 2. The zero-order valence-corrected chi connectivity index (χ0v) is 14.0. The van der Waals surface area contributed by atoms with Gasteiger partial charge in [-0.25, -0.2) is 4.99 Å². The molecular formula is C19H24N4O. The first kappa shape index (κ1) is 16.2. The smallest absolute Gasteiger partial charge is 0.191 e. The van der Waals surface area contributed by atoms with E-state index in [-0.39, 0.29) is 0 Å². The van der Waals surface area contributed by atoms with Gasteiger partial charge < -0.3 is 19.6 Å². The van der Waals surface area contributed by atoms with Gasteiger partial charge in [0.1, 0.15) is 12.3 Å². The van der Waals surface area contributed by atoms with E-state index < -0.39 is 0 Å². The monoisotopic (exact) mass is 324 g/mol. The highest BCUT2D eigenvalue weighted by Gasteiger charge is 2.01. The topological polar surface area (TPSA) is 54.5 Å². The molecule has 0 bridgehead atoms. The molecule has 5 heteroatoms. The first-order valence-corrected chi connectivity index (χ1v) is 8.45. The first-order chi connectivity index (χ1) is 11.9. The minimum atomic E-state index is 0.546. The lowest BCUT2D eigenvalue weighted by atomic mass is 10.2. The largest absolute Gasteiger partial charge is 0.467 e. The quantitative estimate of drug-likeness (QED) is 0.398. The van der Waals surface area contributed by atoms with E-state index in [1.54, 1.807) is 6.26 Å². The van der Waals surface area contributed by atoms with E-state index in [1.165, 1.54) is 10.9 Å². The number of aliphatic imine (C=N–C) groups is 1. The Morgan fingerprint density at radius 3 is 2.88 bits per heavy atom. The van der Waals surface area contributed by atoms with E-state index in [1.807, 2.05) is 12.1 Å². The van der Waals surface area contributed by atoms with Gasteiger partial charge in [0, 0.05) is 31.3 Å². The third-order valence-corrected chi connectivity index (χ3v) is 3.87. The van der Waals surface area contributed by atoms with E-state index in [0.717, 1.165) is 37.8 Å². The van der Waals surface area contributed by atoms with Gasteiger partial charge in [-0.05, 0) is 43.0 Å². The van der Waals surface area contributed by atoms with Gasteiger partial charge in [-0.15, -0.1) is 0 Å². The van der Waals surface area contributed by atoms with Crippen LogP contribution in [-0.4, -0.2) is 23.6 Å². The highest BCUT2D eigenvalue weighted by molar-refractivity contribution is 5.80. The summed E-state index contributed by atoms with van der Waals surface area (Å²) in [4.78, 5) is 4.53. The maximum atomic E-state index is 5.31. The van der Waals surface area contributed by atoms with Gasteiger partial charge in [-0.3, -0.25) is 0 Å². The zero-order chi connectivity index (χ0) is 16.6. The SMILES string of the molecule is CCNC(=NCc1ccco1)NCCCn1ccc2ccccc21. The molecule has 2 aromatic heterocycles. The maximum Gasteiger partial charge on any atom is 0.191 e. The number of nitrogens with zero attached hydrogens (tertiary/aromatic N) is 2. The van der Waals surface area contributed by atoms with Gasteiger partial charge >= 0.3 is 0 Å². The summed E-state index contributed by atoms with van der Waals surface area (Å²) in [5.41, 5.74) is 1.29. The molecule has 3 aromatic rings. The number of fused-ring (bicyclic) bond motifs is 1. The van der Waals surface area contributed by atoms with Crippen molar-refractivity contribution in [2.24, 2.45) is 4.99 Å². The van der Waals surface area contributed by atoms with Crippen molar-refractivity contribution in [3.05, 3.63) is 60.7 Å². The molecule has 126 valence electrons. The average molecular weight is 324 g/mol. The summed E-state index contributed by atoms with van der Waals surface area (Å²) < 4.78 is 7.61. The third-order valence-electron chi connectivity index (χ3n) is 3.87. The Morgan fingerprint density at radius 2 is 2.04 bits per heavy atom. The lowest BCUT2D eigenvalue weighted by molar-refractivity contribution is 0.511. The Kier molecular flexibility index (Phi) is 5.56. The van der Waals surface area contributed by atoms with E-state index in [9.17, 15) is 0 Å². The lowest BCUT2D eigenvalue weighted by Gasteiger charge is -2.11. The van der Waals surface area contributed by atoms with Crippen LogP contribution in [0.2, 0.25) is 0 Å². The summed E-state index contributed by atoms with van der Waals surface area (Å²) >= 11 is 0. The molecule has 0 aliphatic heterocycles. The number of benzene rings is 1. The normalized spacial score (nSPS) is 11.8. The lowest BCUT2D eigenvalue weighted by Crippen LogP contribution is -2.38. The Morgan fingerprint density at radius 1 is 1.12 bits per heavy atom. The molecule has 0 fully saturated rings. The summed E-state index contributed by atoms with van der Waals surface area (Å²) in [6, 6.07) is 14.5. The highest BCUT2D eigenvalue weighted by Crippen LogP contribution is 2.15. The van der Waals surface area contributed by atoms with Gasteiger partial charge in [0.15, 0.2) is 5.96 Å². The van der Waals surface area contributed by atoms with E-state index >= 15 is 0 Å². The Hall–Kier alpha value is -2.69. The van der Waals surface area contributed by atoms with Crippen LogP contribution >= 0.6 is 0 Å². The molecule has 0 aliphatic rings. The summed E-state index contributed by atoms with van der Waals surface area (Å²) in [7, 11) is 0. The summed E-state index contributed by atoms with van der Waals surface area (Å²) in [5.74, 6) is 1.69. The molecule has 0 saturated carbocycles. The molecule has 5 nitrogen and oxygen atoms in total. The molecule has 24 heavy (non-hydrogen) atoms. The van der Waals surface area contributed by atoms with Crippen LogP contribution in [0, 0.1) is 0 Å². The highest BCUT2D eigenvalue weighted by atomic mass is 16.3. The number of para-hydroxylation sites is 1. The van der Waals surface area contributed by atoms with E-state index in [4.69, 9.17) is 4.42 Å². The second kappa shape index (κ2) is 8.24. The maximum absolute atomic E-state index is 5.31. The predicted octanol–water partition coefficient (Wildman–Crippen LogP) is 3.38. The van der Waals surface area contributed by atoms with E-state index in [2.05, 4.69) is 63.6 Å². The fourth-order valence-corrected chi connectivity index (χ4v) is 2.69. The van der Waals surface area contributed by atoms with Crippen LogP contribution in [0.1, 0.15) is 19.1 Å². The number of aryl methyl sites for hydroxylation is 1. The van der Waals surface area contributed by atoms with Gasteiger partial charge in [-0.1, -0.05) is 18.2 Å². The molecular weight excluding hydrogens is 300 g/mol. The molecule has 0 amide bonds. The van der Waals surface area contributed by atoms with Crippen molar-refractivity contribution in [1.29, 1.82) is 0 Å². The number of hydrogen-bond donors (Lipinski definition) is 2. The van der Waals surface area contributed by atoms with Gasteiger partial charge in [0.25, 0.3) is 0 Å². The second-order valence-corrected chi connectivity index (χ2v) is 5.62. The van der Waals surface area contributed by atoms with Gasteiger partial charge in [-0.2, -0.15) is 0 Å². The van der Waals surface area contributed by atoms with Crippen LogP contribution in [-0.2, 0) is 13.1 Å². The molecule has 0 aliphatic carbocycles. The van der Waals surface area contributed by atoms with Crippen molar-refractivity contribution in [2.75, 3.05) is 13.1 Å². The Labute approximate surface area is 142 Å². The second-order valence-electron chi connectivity index (χ2n) is 5.62. The minimum absolute atomic E-state index is 0.546. The van der Waals surface area contributed by atoms with Crippen LogP contribution in [0.3, 0.4) is 0 Å². The van der Waals surface area contributed by atoms with Crippen molar-refractivity contribution in [3.63, 3.8) is 0 Å². The average Bonchev–Trinajstić information content (AvgIpc) is 3.26. The number of rotatable bonds is 7. The van der Waals surface area contributed by atoms with Crippen LogP contribution < -0.4 is 10.6 Å². The summed E-state index contributed by atoms with van der Waals surface area (Å²) in [5, 5.41) is 7.93. The zero-order valence-electron chi connectivity index (χ0n) is 14.0. The Balaban J connectivity index is 1.49. The molecule has 0 saturated heterocycles. The summed E-state index contributed by atoms with van der Waals surface area (Å²) in [6.07, 6.45) is 4.86. The van der Waals surface area contributed by atoms with Crippen LogP contribution in [0.4, 0.5) is 0 Å². The predicted molar refractivity (Wildman–Crippen MR) is 98.1 cm³/mol. The third kappa shape index (κ3) is 4.19. The van der Waals surface area contributed by atoms with Gasteiger partial charge in [0.05, 0.1) is 6.26 Å². The van der Waals surface area contributed by atoms with Crippen molar-refractivity contribution in [1.82, 2.24) is 15.2 Å². The number of aromatic nitrogens is 1. The molecule has 2 N–H and O–H groups in total. The van der Waals surface area contributed by atoms with E-state index in [0.29, 0.717) is 6.54 Å². The molecule has 1 aromatic carbocycles. The molecule has 0 spiro atoms. The first-order valence-electron chi connectivity index (χ1n) is 8.45. The molecule has 0 unspecified atom stereocenters. The Bertz CT molecular complexity index is 774. The fourth-order valence-electron chi connectivity index (χ4n) is 2.69. The molecule has 3 rings (SSSR count). The van der Waals surface area contributed by atoms with Crippen molar-refractivity contribution < 1.29 is 4.42 Å². The fraction of sp³-hybridized carbons (Fsp3) is 0.316. The van der Waals surface area contributed by atoms with Crippen LogP contribution in [0.5, 0.6) is 0 Å². The number of nitrogens with one attached hydrogen (secondary N) is 2. The van der Waals surface area contributed by atoms with Crippen LogP contribution in [0.15, 0.2) is 64.3 Å². The standard InChI is InChI=1S/C19H24N4O/c1-2-20-19(22-15-17-8-5-14-24-17)21-11-6-12-23-13-10-16-7-3-4-9-18(16)23/h3-5,7-10,13-14H,2,6,11-12,15H2,1H3,(H2,20,21,22). The minimum Gasteiger partial charge on any atom is -0.467 e. The molecule has 0 radical (unpaired) electrons. The van der Waals surface area contributed by atoms with Crippen molar-refractivity contribution in [3.8, 4) is 0 Å². The van der Waals surface area contributed by atoms with Crippen molar-refractivity contribution in [2.45, 2.75) is 26.4 Å². The number of guanidine groups is 1. The van der Waals surface area contributed by atoms with Crippen molar-refractivity contribution >= 4 is 16.9 Å². The molecule has 0 atom stereocenters. The van der Waals surface area contributed by atoms with Crippen LogP contribution in [0.25, 0.3) is 10.9 Å².